The largest absolute Gasteiger partial charge is 0.489 e. The van der Waals surface area contributed by atoms with Gasteiger partial charge in [-0.1, -0.05) is 42.5 Å². The second-order valence-electron chi connectivity index (χ2n) is 9.22. The van der Waals surface area contributed by atoms with Crippen LogP contribution in [0.15, 0.2) is 67.1 Å². The average Bonchev–Trinajstić information content (AvgIpc) is 3.30. The van der Waals surface area contributed by atoms with Crippen LogP contribution in [0.3, 0.4) is 0 Å². The first-order valence-electron chi connectivity index (χ1n) is 12.5. The van der Waals surface area contributed by atoms with E-state index >= 15 is 0 Å². The summed E-state index contributed by atoms with van der Waals surface area (Å²) < 4.78 is 8.31. The number of fused-ring (bicyclic) bond motifs is 1. The summed E-state index contributed by atoms with van der Waals surface area (Å²) in [6, 6.07) is 18.6. The molecule has 1 saturated carbocycles. The summed E-state index contributed by atoms with van der Waals surface area (Å²) in [7, 11) is 0. The van der Waals surface area contributed by atoms with Gasteiger partial charge in [0.15, 0.2) is 0 Å². The van der Waals surface area contributed by atoms with Gasteiger partial charge in [0.05, 0.1) is 5.39 Å². The number of aromatic nitrogens is 3. The number of amides is 2. The van der Waals surface area contributed by atoms with Gasteiger partial charge in [-0.25, -0.2) is 14.8 Å². The first kappa shape index (κ1) is 23.7. The number of hydrogen-bond acceptors (Lipinski definition) is 5. The maximum atomic E-state index is 11.9. The minimum atomic E-state index is -0.0930. The number of rotatable bonds is 7. The van der Waals surface area contributed by atoms with Crippen LogP contribution in [0, 0.1) is 0 Å². The maximum absolute atomic E-state index is 11.9. The Morgan fingerprint density at radius 1 is 1.08 bits per heavy atom. The van der Waals surface area contributed by atoms with E-state index in [9.17, 15) is 4.79 Å². The fraction of sp³-hybridized carbons (Fsp3) is 0.321. The molecule has 186 valence electrons. The van der Waals surface area contributed by atoms with Crippen molar-refractivity contribution in [2.24, 2.45) is 0 Å². The number of nitrogen functional groups attached to an aromatic ring is 1. The molecule has 1 fully saturated rings. The van der Waals surface area contributed by atoms with Crippen LogP contribution in [0.4, 0.5) is 10.6 Å². The highest BCUT2D eigenvalue weighted by molar-refractivity contribution is 6.00. The third-order valence-electron chi connectivity index (χ3n) is 6.79. The van der Waals surface area contributed by atoms with Crippen LogP contribution in [0.25, 0.3) is 22.2 Å². The van der Waals surface area contributed by atoms with Gasteiger partial charge in [-0.15, -0.1) is 0 Å². The molecule has 0 bridgehead atoms. The Kier molecular flexibility index (Phi) is 7.02. The third kappa shape index (κ3) is 5.12. The topological polar surface area (TPSA) is 107 Å². The lowest BCUT2D eigenvalue weighted by molar-refractivity contribution is 0.228. The number of ether oxygens (including phenoxy) is 1. The van der Waals surface area contributed by atoms with Crippen molar-refractivity contribution >= 4 is 22.9 Å². The Labute approximate surface area is 210 Å². The molecule has 8 heteroatoms. The van der Waals surface area contributed by atoms with E-state index in [0.717, 1.165) is 59.2 Å². The summed E-state index contributed by atoms with van der Waals surface area (Å²) in [5.41, 5.74) is 10.3. The molecule has 0 atom stereocenters. The second-order valence-corrected chi connectivity index (χ2v) is 9.22. The van der Waals surface area contributed by atoms with E-state index in [1.165, 1.54) is 6.33 Å². The van der Waals surface area contributed by atoms with Crippen LogP contribution in [0.2, 0.25) is 0 Å². The monoisotopic (exact) mass is 484 g/mol. The number of benzene rings is 2. The van der Waals surface area contributed by atoms with Gasteiger partial charge >= 0.3 is 6.03 Å². The molecule has 1 aliphatic carbocycles. The highest BCUT2D eigenvalue weighted by Crippen LogP contribution is 2.38. The van der Waals surface area contributed by atoms with Crippen LogP contribution in [0.5, 0.6) is 5.75 Å². The summed E-state index contributed by atoms with van der Waals surface area (Å²) in [5, 5.41) is 6.76. The van der Waals surface area contributed by atoms with Crippen molar-refractivity contribution in [1.82, 2.24) is 25.2 Å². The second kappa shape index (κ2) is 10.7. The van der Waals surface area contributed by atoms with E-state index in [2.05, 4.69) is 49.6 Å². The third-order valence-corrected chi connectivity index (χ3v) is 6.79. The molecule has 0 saturated heterocycles. The number of nitrogens with one attached hydrogen (secondary N) is 2. The predicted octanol–water partition coefficient (Wildman–Crippen LogP) is 5.06. The van der Waals surface area contributed by atoms with Gasteiger partial charge in [-0.2, -0.15) is 0 Å². The van der Waals surface area contributed by atoms with Crippen molar-refractivity contribution in [3.8, 4) is 16.9 Å². The van der Waals surface area contributed by atoms with Gasteiger partial charge in [0, 0.05) is 30.4 Å². The molecule has 4 N–H and O–H groups in total. The average molecular weight is 485 g/mol. The maximum Gasteiger partial charge on any atom is 0.314 e. The summed E-state index contributed by atoms with van der Waals surface area (Å²) in [6.07, 6.45) is 7.41. The van der Waals surface area contributed by atoms with Crippen molar-refractivity contribution in [2.45, 2.75) is 51.3 Å². The predicted molar refractivity (Wildman–Crippen MR) is 142 cm³/mol. The van der Waals surface area contributed by atoms with Crippen LogP contribution < -0.4 is 21.1 Å². The molecule has 0 aliphatic heterocycles. The Morgan fingerprint density at radius 2 is 1.89 bits per heavy atom. The van der Waals surface area contributed by atoms with Crippen molar-refractivity contribution in [3.63, 3.8) is 0 Å². The zero-order chi connectivity index (χ0) is 24.9. The van der Waals surface area contributed by atoms with Crippen LogP contribution >= 0.6 is 0 Å². The van der Waals surface area contributed by atoms with E-state index in [4.69, 9.17) is 10.5 Å². The van der Waals surface area contributed by atoms with E-state index < -0.39 is 0 Å². The lowest BCUT2D eigenvalue weighted by Crippen LogP contribution is -2.43. The fourth-order valence-electron chi connectivity index (χ4n) is 5.00. The first-order chi connectivity index (χ1) is 17.6. The summed E-state index contributed by atoms with van der Waals surface area (Å²) in [6.45, 7) is 3.05. The van der Waals surface area contributed by atoms with Crippen LogP contribution in [0.1, 0.15) is 44.2 Å². The van der Waals surface area contributed by atoms with Gasteiger partial charge in [-0.05, 0) is 55.9 Å². The molecule has 2 aromatic carbocycles. The summed E-state index contributed by atoms with van der Waals surface area (Å²) in [5.74, 6) is 1.26. The SMILES string of the molecule is CCNC(=O)NC1CCC(n2cc(-c3cccc(OCc4ccccc4)c3)c3c(N)ncnc32)CC1. The molecule has 5 rings (SSSR count). The van der Waals surface area contributed by atoms with Crippen molar-refractivity contribution in [2.75, 3.05) is 12.3 Å². The van der Waals surface area contributed by atoms with Crippen molar-refractivity contribution in [3.05, 3.63) is 72.7 Å². The highest BCUT2D eigenvalue weighted by atomic mass is 16.5. The summed E-state index contributed by atoms with van der Waals surface area (Å²) in [4.78, 5) is 20.8. The van der Waals surface area contributed by atoms with Gasteiger partial charge in [0.25, 0.3) is 0 Å². The number of hydrogen-bond donors (Lipinski definition) is 3. The zero-order valence-electron chi connectivity index (χ0n) is 20.5. The molecular weight excluding hydrogens is 452 g/mol. The highest BCUT2D eigenvalue weighted by Gasteiger charge is 2.26. The summed E-state index contributed by atoms with van der Waals surface area (Å²) >= 11 is 0. The lowest BCUT2D eigenvalue weighted by Gasteiger charge is -2.30. The number of nitrogens with two attached hydrogens (primary N) is 1. The molecule has 1 aliphatic rings. The Morgan fingerprint density at radius 3 is 2.67 bits per heavy atom. The smallest absolute Gasteiger partial charge is 0.314 e. The van der Waals surface area contributed by atoms with E-state index in [0.29, 0.717) is 19.0 Å². The molecule has 8 nitrogen and oxygen atoms in total. The molecule has 2 amide bonds. The molecule has 0 unspecified atom stereocenters. The standard InChI is InChI=1S/C28H32N6O2/c1-2-30-28(35)33-21-11-13-22(14-12-21)34-16-24(25-26(29)31-18-32-27(25)34)20-9-6-10-23(15-20)36-17-19-7-4-3-5-8-19/h3-10,15-16,18,21-22H,2,11-14,17H2,1H3,(H2,29,31,32)(H2,30,33,35). The van der Waals surface area contributed by atoms with Gasteiger partial charge in [0.1, 0.15) is 30.1 Å². The quantitative estimate of drug-likeness (QED) is 0.340. The Hall–Kier alpha value is -4.07. The normalized spacial score (nSPS) is 17.6. The molecule has 36 heavy (non-hydrogen) atoms. The number of nitrogens with zero attached hydrogens (tertiary/aromatic N) is 3. The minimum absolute atomic E-state index is 0.0930. The number of carbonyl (C=O) groups excluding carboxylic acids is 1. The lowest BCUT2D eigenvalue weighted by atomic mass is 9.91. The van der Waals surface area contributed by atoms with E-state index in [-0.39, 0.29) is 18.1 Å². The Balaban J connectivity index is 1.39. The molecule has 0 radical (unpaired) electrons. The van der Waals surface area contributed by atoms with Crippen molar-refractivity contribution < 1.29 is 9.53 Å². The van der Waals surface area contributed by atoms with E-state index in [1.54, 1.807) is 0 Å². The van der Waals surface area contributed by atoms with Gasteiger partial charge in [0.2, 0.25) is 0 Å². The fourth-order valence-corrected chi connectivity index (χ4v) is 5.00. The van der Waals surface area contributed by atoms with Crippen LogP contribution in [-0.2, 0) is 6.61 Å². The first-order valence-corrected chi connectivity index (χ1v) is 12.5. The van der Waals surface area contributed by atoms with E-state index in [1.807, 2.05) is 43.3 Å². The van der Waals surface area contributed by atoms with Gasteiger partial charge in [-0.3, -0.25) is 0 Å². The number of anilines is 1. The molecule has 2 heterocycles. The zero-order valence-corrected chi connectivity index (χ0v) is 20.5. The molecule has 2 aromatic heterocycles. The Bertz CT molecular complexity index is 1330. The number of carbonyl (C=O) groups is 1. The molecule has 4 aromatic rings. The van der Waals surface area contributed by atoms with Gasteiger partial charge < -0.3 is 25.7 Å². The van der Waals surface area contributed by atoms with Crippen molar-refractivity contribution in [1.29, 1.82) is 0 Å². The van der Waals surface area contributed by atoms with Crippen LogP contribution in [-0.4, -0.2) is 33.2 Å². The number of urea groups is 1. The molecular formula is C28H32N6O2. The minimum Gasteiger partial charge on any atom is -0.489 e. The molecule has 0 spiro atoms.